The van der Waals surface area contributed by atoms with Crippen LogP contribution in [0.3, 0.4) is 0 Å². The van der Waals surface area contributed by atoms with Crippen LogP contribution in [0.1, 0.15) is 13.8 Å². The van der Waals surface area contributed by atoms with Crippen molar-refractivity contribution >= 4 is 11.9 Å². The highest BCUT2D eigenvalue weighted by molar-refractivity contribution is 5.95. The number of carbonyl (C=O) groups excluding carboxylic acids is 2. The van der Waals surface area contributed by atoms with E-state index in [2.05, 4.69) is 5.32 Å². The SMILES string of the molecule is CCOC(=O)/C=C1\NC(=O)[C@@H]1[C@@H](C)O[C@H]1O[C@H](CO)[C@H](O)[C@H](O)[C@H]1O. The third kappa shape index (κ3) is 4.17. The maximum Gasteiger partial charge on any atom is 0.332 e. The van der Waals surface area contributed by atoms with Crippen LogP contribution in [0.2, 0.25) is 0 Å². The van der Waals surface area contributed by atoms with Crippen LogP contribution in [0.5, 0.6) is 0 Å². The Morgan fingerprint density at radius 3 is 2.56 bits per heavy atom. The van der Waals surface area contributed by atoms with Crippen molar-refractivity contribution < 1.29 is 44.2 Å². The van der Waals surface area contributed by atoms with E-state index in [0.717, 1.165) is 6.08 Å². The predicted octanol–water partition coefficient (Wildman–Crippen LogP) is -2.62. The van der Waals surface area contributed by atoms with Crippen LogP contribution in [-0.2, 0) is 23.8 Å². The fraction of sp³-hybridized carbons (Fsp3) is 0.733. The van der Waals surface area contributed by atoms with Gasteiger partial charge < -0.3 is 40.0 Å². The molecule has 10 nitrogen and oxygen atoms in total. The van der Waals surface area contributed by atoms with Crippen LogP contribution in [0.4, 0.5) is 0 Å². The first kappa shape index (κ1) is 19.8. The lowest BCUT2D eigenvalue weighted by atomic mass is 9.90. The Kier molecular flexibility index (Phi) is 6.49. The molecule has 2 fully saturated rings. The van der Waals surface area contributed by atoms with E-state index >= 15 is 0 Å². The van der Waals surface area contributed by atoms with Crippen LogP contribution < -0.4 is 5.32 Å². The normalized spacial score (nSPS) is 38.0. The van der Waals surface area contributed by atoms with Gasteiger partial charge in [-0.2, -0.15) is 0 Å². The van der Waals surface area contributed by atoms with Crippen molar-refractivity contribution in [3.05, 3.63) is 11.8 Å². The van der Waals surface area contributed by atoms with E-state index in [1.165, 1.54) is 6.92 Å². The molecule has 0 aliphatic carbocycles. The quantitative estimate of drug-likeness (QED) is 0.194. The Labute approximate surface area is 144 Å². The molecule has 5 N–H and O–H groups in total. The number of hydrogen-bond acceptors (Lipinski definition) is 9. The van der Waals surface area contributed by atoms with Crippen LogP contribution >= 0.6 is 0 Å². The summed E-state index contributed by atoms with van der Waals surface area (Å²) >= 11 is 0. The van der Waals surface area contributed by atoms with Crippen LogP contribution in [0.15, 0.2) is 11.8 Å². The molecule has 0 unspecified atom stereocenters. The number of rotatable bonds is 6. The summed E-state index contributed by atoms with van der Waals surface area (Å²) in [5.74, 6) is -1.79. The molecule has 0 aromatic carbocycles. The minimum Gasteiger partial charge on any atom is -0.463 e. The number of ether oxygens (including phenoxy) is 3. The largest absolute Gasteiger partial charge is 0.463 e. The van der Waals surface area contributed by atoms with E-state index in [4.69, 9.17) is 19.3 Å². The summed E-state index contributed by atoms with van der Waals surface area (Å²) in [6, 6.07) is 0. The molecule has 2 aliphatic rings. The molecule has 25 heavy (non-hydrogen) atoms. The average molecular weight is 361 g/mol. The monoisotopic (exact) mass is 361 g/mol. The van der Waals surface area contributed by atoms with Crippen molar-refractivity contribution in [2.24, 2.45) is 5.92 Å². The lowest BCUT2D eigenvalue weighted by Gasteiger charge is -2.42. The van der Waals surface area contributed by atoms with E-state index in [-0.39, 0.29) is 12.5 Å². The Morgan fingerprint density at radius 1 is 1.32 bits per heavy atom. The molecule has 0 saturated carbocycles. The Hall–Kier alpha value is -1.56. The topological polar surface area (TPSA) is 155 Å². The van der Waals surface area contributed by atoms with Gasteiger partial charge in [-0.15, -0.1) is 0 Å². The third-order valence-corrected chi connectivity index (χ3v) is 4.11. The van der Waals surface area contributed by atoms with Crippen molar-refractivity contribution in [3.63, 3.8) is 0 Å². The molecule has 2 saturated heterocycles. The van der Waals surface area contributed by atoms with Crippen molar-refractivity contribution in [3.8, 4) is 0 Å². The third-order valence-electron chi connectivity index (χ3n) is 4.11. The summed E-state index contributed by atoms with van der Waals surface area (Å²) in [5, 5.41) is 41.1. The van der Waals surface area contributed by atoms with E-state index < -0.39 is 55.3 Å². The molecule has 0 spiro atoms. The van der Waals surface area contributed by atoms with Gasteiger partial charge in [0, 0.05) is 11.8 Å². The van der Waals surface area contributed by atoms with Crippen molar-refractivity contribution in [1.82, 2.24) is 5.32 Å². The number of carbonyl (C=O) groups is 2. The Bertz CT molecular complexity index is 535. The second-order valence-corrected chi connectivity index (χ2v) is 5.86. The first-order chi connectivity index (χ1) is 11.8. The first-order valence-corrected chi connectivity index (χ1v) is 7.95. The Morgan fingerprint density at radius 2 is 2.00 bits per heavy atom. The van der Waals surface area contributed by atoms with Gasteiger partial charge in [-0.3, -0.25) is 4.79 Å². The molecule has 2 heterocycles. The van der Waals surface area contributed by atoms with Crippen LogP contribution in [0, 0.1) is 5.92 Å². The van der Waals surface area contributed by atoms with Gasteiger partial charge in [-0.1, -0.05) is 0 Å². The lowest BCUT2D eigenvalue weighted by Crippen LogP contribution is -2.61. The summed E-state index contributed by atoms with van der Waals surface area (Å²) in [6.45, 7) is 2.79. The van der Waals surface area contributed by atoms with Crippen molar-refractivity contribution in [1.29, 1.82) is 0 Å². The zero-order chi connectivity index (χ0) is 18.7. The first-order valence-electron chi connectivity index (χ1n) is 7.95. The number of amides is 1. The molecule has 7 atom stereocenters. The minimum absolute atomic E-state index is 0.193. The van der Waals surface area contributed by atoms with E-state index in [1.54, 1.807) is 6.92 Å². The maximum absolute atomic E-state index is 11.8. The fourth-order valence-electron chi connectivity index (χ4n) is 2.73. The number of aliphatic hydroxyl groups is 4. The van der Waals surface area contributed by atoms with E-state index in [0.29, 0.717) is 5.70 Å². The zero-order valence-corrected chi connectivity index (χ0v) is 13.9. The summed E-state index contributed by atoms with van der Waals surface area (Å²) in [6.07, 6.45) is -6.78. The minimum atomic E-state index is -1.58. The van der Waals surface area contributed by atoms with Crippen molar-refractivity contribution in [2.75, 3.05) is 13.2 Å². The molecule has 0 bridgehead atoms. The van der Waals surface area contributed by atoms with Gasteiger partial charge in [0.15, 0.2) is 6.29 Å². The van der Waals surface area contributed by atoms with Gasteiger partial charge in [0.2, 0.25) is 5.91 Å². The molecule has 0 radical (unpaired) electrons. The van der Waals surface area contributed by atoms with Crippen LogP contribution in [-0.4, -0.2) is 82.3 Å². The number of aliphatic hydroxyl groups excluding tert-OH is 4. The number of hydrogen-bond donors (Lipinski definition) is 5. The number of nitrogens with one attached hydrogen (secondary N) is 1. The summed E-state index contributed by atoms with van der Waals surface area (Å²) in [4.78, 5) is 23.2. The number of esters is 1. The van der Waals surface area contributed by atoms with E-state index in [9.17, 15) is 24.9 Å². The van der Waals surface area contributed by atoms with Gasteiger partial charge in [0.25, 0.3) is 0 Å². The van der Waals surface area contributed by atoms with E-state index in [1.807, 2.05) is 0 Å². The van der Waals surface area contributed by atoms with Crippen LogP contribution in [0.25, 0.3) is 0 Å². The summed E-state index contributed by atoms with van der Waals surface area (Å²) < 4.78 is 15.5. The van der Waals surface area contributed by atoms with Gasteiger partial charge in [-0.05, 0) is 13.8 Å². The summed E-state index contributed by atoms with van der Waals surface area (Å²) in [7, 11) is 0. The molecule has 142 valence electrons. The van der Waals surface area contributed by atoms with Crippen molar-refractivity contribution in [2.45, 2.75) is 50.7 Å². The molecule has 10 heteroatoms. The van der Waals surface area contributed by atoms with Gasteiger partial charge in [0.1, 0.15) is 30.3 Å². The molecule has 0 aromatic rings. The van der Waals surface area contributed by atoms with Gasteiger partial charge >= 0.3 is 5.97 Å². The summed E-state index contributed by atoms with van der Waals surface area (Å²) in [5.41, 5.74) is 0.306. The second-order valence-electron chi connectivity index (χ2n) is 5.86. The standard InChI is InChI=1S/C15H23NO9/c1-3-23-9(18)4-7-10(14(22)16-7)6(2)24-15-13(21)12(20)11(19)8(5-17)25-15/h4,6,8,10-13,15,17,19-21H,3,5H2,1-2H3,(H,16,22)/b7-4-/t6-,8-,10-,11+,12+,13-,15+/m1/s1. The van der Waals surface area contributed by atoms with Gasteiger partial charge in [-0.25, -0.2) is 4.79 Å². The number of β-lactam (4-membered cyclic amide) rings is 1. The highest BCUT2D eigenvalue weighted by Gasteiger charge is 2.47. The molecule has 2 aliphatic heterocycles. The molecular formula is C15H23NO9. The lowest BCUT2D eigenvalue weighted by molar-refractivity contribution is -0.312. The molecular weight excluding hydrogens is 338 g/mol. The maximum atomic E-state index is 11.8. The molecule has 0 aromatic heterocycles. The fourth-order valence-corrected chi connectivity index (χ4v) is 2.73. The average Bonchev–Trinajstić information content (AvgIpc) is 2.54. The second kappa shape index (κ2) is 8.21. The highest BCUT2D eigenvalue weighted by Crippen LogP contribution is 2.29. The molecule has 1 amide bonds. The molecule has 2 rings (SSSR count). The predicted molar refractivity (Wildman–Crippen MR) is 80.7 cm³/mol. The zero-order valence-electron chi connectivity index (χ0n) is 13.9. The highest BCUT2D eigenvalue weighted by atomic mass is 16.7. The van der Waals surface area contributed by atoms with Gasteiger partial charge in [0.05, 0.1) is 19.3 Å². The smallest absolute Gasteiger partial charge is 0.332 e. The Balaban J connectivity index is 2.03.